The number of aromatic nitrogens is 2. The number of nitrogens with two attached hydrogens (primary N) is 1. The van der Waals surface area contributed by atoms with Crippen LogP contribution in [0.2, 0.25) is 10.0 Å². The fraction of sp³-hybridized carbons (Fsp3) is 0.261. The van der Waals surface area contributed by atoms with Crippen LogP contribution in [0.15, 0.2) is 58.1 Å². The van der Waals surface area contributed by atoms with E-state index in [4.69, 9.17) is 28.9 Å². The van der Waals surface area contributed by atoms with Crippen LogP contribution < -0.4 is 21.9 Å². The molecule has 0 radical (unpaired) electrons. The van der Waals surface area contributed by atoms with Crippen molar-refractivity contribution < 1.29 is 4.79 Å². The number of nitrogens with zero attached hydrogens (tertiary/aromatic N) is 2. The molecule has 3 aromatic rings. The number of H-pyrrole nitrogens is 1. The van der Waals surface area contributed by atoms with Gasteiger partial charge in [0, 0.05) is 13.0 Å². The Bertz CT molecular complexity index is 1220. The van der Waals surface area contributed by atoms with Gasteiger partial charge in [-0.05, 0) is 30.0 Å². The van der Waals surface area contributed by atoms with Crippen LogP contribution >= 0.6 is 23.2 Å². The van der Waals surface area contributed by atoms with Gasteiger partial charge in [-0.2, -0.15) is 0 Å². The number of hydrogen-bond donors (Lipinski definition) is 2. The quantitative estimate of drug-likeness (QED) is 0.517. The molecule has 0 aliphatic carbocycles. The molecule has 0 saturated heterocycles. The van der Waals surface area contributed by atoms with Crippen molar-refractivity contribution in [2.75, 3.05) is 17.2 Å². The number of aryl methyl sites for hydroxylation is 1. The SMILES string of the molecule is CCCN(C(=O)CCc1cccc(Cl)c1Cl)c1c(N)n(Cc2ccccc2)c(=O)[nH]c1=O. The summed E-state index contributed by atoms with van der Waals surface area (Å²) >= 11 is 12.3. The average molecular weight is 475 g/mol. The number of nitrogen functional groups attached to an aromatic ring is 1. The zero-order chi connectivity index (χ0) is 23.3. The Balaban J connectivity index is 1.93. The standard InChI is InChI=1S/C23H24Cl2N4O3/c1-2-13-28(18(30)12-11-16-9-6-10-17(24)19(16)25)20-21(26)29(23(32)27-22(20)31)14-15-7-4-3-5-8-15/h3-10H,2,11-14,26H2,1H3,(H,27,31,32). The molecule has 3 rings (SSSR count). The zero-order valence-electron chi connectivity index (χ0n) is 17.6. The molecule has 7 nitrogen and oxygen atoms in total. The van der Waals surface area contributed by atoms with Crippen molar-refractivity contribution >= 4 is 40.6 Å². The molecule has 1 heterocycles. The Morgan fingerprint density at radius 3 is 2.50 bits per heavy atom. The summed E-state index contributed by atoms with van der Waals surface area (Å²) in [6.07, 6.45) is 1.04. The van der Waals surface area contributed by atoms with Crippen LogP contribution in [0.25, 0.3) is 0 Å². The molecule has 1 aromatic heterocycles. The van der Waals surface area contributed by atoms with Crippen molar-refractivity contribution in [2.24, 2.45) is 0 Å². The Morgan fingerprint density at radius 1 is 1.09 bits per heavy atom. The van der Waals surface area contributed by atoms with Gasteiger partial charge in [0.2, 0.25) is 5.91 Å². The molecule has 32 heavy (non-hydrogen) atoms. The Morgan fingerprint density at radius 2 is 1.81 bits per heavy atom. The smallest absolute Gasteiger partial charge is 0.330 e. The zero-order valence-corrected chi connectivity index (χ0v) is 19.1. The number of nitrogens with one attached hydrogen (secondary N) is 1. The van der Waals surface area contributed by atoms with E-state index in [-0.39, 0.29) is 36.9 Å². The number of halogens is 2. The predicted molar refractivity (Wildman–Crippen MR) is 129 cm³/mol. The first-order valence-corrected chi connectivity index (χ1v) is 11.0. The van der Waals surface area contributed by atoms with Crippen molar-refractivity contribution in [3.05, 3.63) is 90.5 Å². The second-order valence-corrected chi connectivity index (χ2v) is 8.11. The molecule has 0 fully saturated rings. The summed E-state index contributed by atoms with van der Waals surface area (Å²) in [7, 11) is 0. The molecule has 0 atom stereocenters. The van der Waals surface area contributed by atoms with Gasteiger partial charge in [-0.1, -0.05) is 72.6 Å². The molecule has 0 unspecified atom stereocenters. The molecule has 1 amide bonds. The molecule has 0 aliphatic rings. The molecule has 0 saturated carbocycles. The van der Waals surface area contributed by atoms with E-state index in [9.17, 15) is 14.4 Å². The van der Waals surface area contributed by atoms with E-state index in [1.165, 1.54) is 9.47 Å². The van der Waals surface area contributed by atoms with E-state index >= 15 is 0 Å². The molecular weight excluding hydrogens is 451 g/mol. The van der Waals surface area contributed by atoms with E-state index < -0.39 is 11.2 Å². The average Bonchev–Trinajstić information content (AvgIpc) is 2.77. The highest BCUT2D eigenvalue weighted by Gasteiger charge is 2.24. The minimum Gasteiger partial charge on any atom is -0.383 e. The third kappa shape index (κ3) is 5.23. The first-order chi connectivity index (χ1) is 15.3. The largest absolute Gasteiger partial charge is 0.383 e. The number of carbonyl (C=O) groups excluding carboxylic acids is 1. The van der Waals surface area contributed by atoms with Gasteiger partial charge in [0.25, 0.3) is 5.56 Å². The van der Waals surface area contributed by atoms with Crippen LogP contribution in [0.1, 0.15) is 30.9 Å². The van der Waals surface area contributed by atoms with Crippen LogP contribution in [-0.2, 0) is 17.8 Å². The lowest BCUT2D eigenvalue weighted by Crippen LogP contribution is -2.41. The number of rotatable bonds is 8. The van der Waals surface area contributed by atoms with Gasteiger partial charge < -0.3 is 10.6 Å². The molecular formula is C23H24Cl2N4O3. The van der Waals surface area contributed by atoms with Crippen molar-refractivity contribution in [3.8, 4) is 0 Å². The van der Waals surface area contributed by atoms with E-state index in [1.54, 1.807) is 18.2 Å². The highest BCUT2D eigenvalue weighted by Crippen LogP contribution is 2.27. The van der Waals surface area contributed by atoms with Gasteiger partial charge >= 0.3 is 5.69 Å². The number of carbonyl (C=O) groups is 1. The molecule has 0 bridgehead atoms. The normalized spacial score (nSPS) is 10.8. The summed E-state index contributed by atoms with van der Waals surface area (Å²) in [6, 6.07) is 14.5. The van der Waals surface area contributed by atoms with Crippen LogP contribution in [0, 0.1) is 0 Å². The number of aromatic amines is 1. The summed E-state index contributed by atoms with van der Waals surface area (Å²) in [6.45, 7) is 2.33. The maximum absolute atomic E-state index is 13.1. The third-order valence-electron chi connectivity index (χ3n) is 5.06. The van der Waals surface area contributed by atoms with Crippen molar-refractivity contribution in [1.82, 2.24) is 9.55 Å². The van der Waals surface area contributed by atoms with E-state index in [1.807, 2.05) is 37.3 Å². The minimum atomic E-state index is -0.695. The highest BCUT2D eigenvalue weighted by atomic mass is 35.5. The fourth-order valence-electron chi connectivity index (χ4n) is 3.46. The van der Waals surface area contributed by atoms with Gasteiger partial charge in [0.1, 0.15) is 5.82 Å². The van der Waals surface area contributed by atoms with Crippen molar-refractivity contribution in [1.29, 1.82) is 0 Å². The van der Waals surface area contributed by atoms with Gasteiger partial charge in [-0.15, -0.1) is 0 Å². The second kappa shape index (κ2) is 10.5. The minimum absolute atomic E-state index is 0.0235. The summed E-state index contributed by atoms with van der Waals surface area (Å²) in [5.74, 6) is -0.352. The number of amides is 1. The summed E-state index contributed by atoms with van der Waals surface area (Å²) in [5.41, 5.74) is 6.49. The summed E-state index contributed by atoms with van der Waals surface area (Å²) in [4.78, 5) is 41.9. The van der Waals surface area contributed by atoms with Crippen LogP contribution in [0.4, 0.5) is 11.5 Å². The monoisotopic (exact) mass is 474 g/mol. The molecule has 0 spiro atoms. The first kappa shape index (κ1) is 23.6. The van der Waals surface area contributed by atoms with Gasteiger partial charge in [-0.3, -0.25) is 19.1 Å². The van der Waals surface area contributed by atoms with E-state index in [2.05, 4.69) is 4.98 Å². The van der Waals surface area contributed by atoms with Crippen molar-refractivity contribution in [2.45, 2.75) is 32.7 Å². The molecule has 0 aliphatic heterocycles. The lowest BCUT2D eigenvalue weighted by Gasteiger charge is -2.24. The second-order valence-electron chi connectivity index (χ2n) is 7.32. The Hall–Kier alpha value is -3.03. The number of benzene rings is 2. The maximum Gasteiger partial charge on any atom is 0.330 e. The first-order valence-electron chi connectivity index (χ1n) is 10.2. The number of anilines is 2. The van der Waals surface area contributed by atoms with E-state index in [0.717, 1.165) is 11.1 Å². The van der Waals surface area contributed by atoms with Crippen molar-refractivity contribution in [3.63, 3.8) is 0 Å². The van der Waals surface area contributed by atoms with Crippen LogP contribution in [0.5, 0.6) is 0 Å². The highest BCUT2D eigenvalue weighted by molar-refractivity contribution is 6.42. The Kier molecular flexibility index (Phi) is 7.77. The lowest BCUT2D eigenvalue weighted by atomic mass is 10.1. The van der Waals surface area contributed by atoms with Crippen LogP contribution in [0.3, 0.4) is 0 Å². The van der Waals surface area contributed by atoms with E-state index in [0.29, 0.717) is 22.9 Å². The topological polar surface area (TPSA) is 101 Å². The Labute approximate surface area is 195 Å². The summed E-state index contributed by atoms with van der Waals surface area (Å²) < 4.78 is 1.26. The fourth-order valence-corrected chi connectivity index (χ4v) is 3.88. The predicted octanol–water partition coefficient (Wildman–Crippen LogP) is 3.85. The third-order valence-corrected chi connectivity index (χ3v) is 5.91. The molecule has 2 aromatic carbocycles. The van der Waals surface area contributed by atoms with Crippen LogP contribution in [-0.4, -0.2) is 22.0 Å². The molecule has 168 valence electrons. The molecule has 9 heteroatoms. The summed E-state index contributed by atoms with van der Waals surface area (Å²) in [5, 5.41) is 0.813. The van der Waals surface area contributed by atoms with Gasteiger partial charge in [0.05, 0.1) is 16.6 Å². The lowest BCUT2D eigenvalue weighted by molar-refractivity contribution is -0.118. The number of hydrogen-bond acceptors (Lipinski definition) is 4. The van der Waals surface area contributed by atoms with Gasteiger partial charge in [0.15, 0.2) is 5.69 Å². The maximum atomic E-state index is 13.1. The molecule has 3 N–H and O–H groups in total. The van der Waals surface area contributed by atoms with Gasteiger partial charge in [-0.25, -0.2) is 4.79 Å².